The van der Waals surface area contributed by atoms with Crippen LogP contribution in [0.3, 0.4) is 0 Å². The van der Waals surface area contributed by atoms with Gasteiger partial charge in [-0.25, -0.2) is 0 Å². The summed E-state index contributed by atoms with van der Waals surface area (Å²) in [7, 11) is 1.57. The van der Waals surface area contributed by atoms with Crippen molar-refractivity contribution in [3.05, 3.63) is 60.2 Å². The lowest BCUT2D eigenvalue weighted by molar-refractivity contribution is -0.128. The van der Waals surface area contributed by atoms with E-state index in [2.05, 4.69) is 12.1 Å². The lowest BCUT2D eigenvalue weighted by Crippen LogP contribution is -2.13. The van der Waals surface area contributed by atoms with Crippen LogP contribution in [0.2, 0.25) is 0 Å². The van der Waals surface area contributed by atoms with Crippen LogP contribution in [0.4, 0.5) is 0 Å². The van der Waals surface area contributed by atoms with Crippen LogP contribution in [-0.2, 0) is 9.53 Å². The number of rotatable bonds is 5. The fourth-order valence-corrected chi connectivity index (χ4v) is 2.12. The number of ketones is 1. The molecule has 0 radical (unpaired) electrons. The highest BCUT2D eigenvalue weighted by Gasteiger charge is 2.17. The average Bonchev–Trinajstić information content (AvgIpc) is 2.49. The van der Waals surface area contributed by atoms with Crippen LogP contribution < -0.4 is 0 Å². The molecule has 0 aromatic heterocycles. The van der Waals surface area contributed by atoms with Gasteiger partial charge >= 0.3 is 0 Å². The van der Waals surface area contributed by atoms with E-state index in [4.69, 9.17) is 4.74 Å². The Morgan fingerprint density at radius 1 is 1.00 bits per heavy atom. The van der Waals surface area contributed by atoms with E-state index < -0.39 is 6.10 Å². The summed E-state index contributed by atoms with van der Waals surface area (Å²) in [6.07, 6.45) is 0.0358. The highest BCUT2D eigenvalue weighted by molar-refractivity contribution is 5.84. The van der Waals surface area contributed by atoms with E-state index in [1.165, 1.54) is 5.56 Å². The van der Waals surface area contributed by atoms with Gasteiger partial charge < -0.3 is 4.74 Å². The molecule has 2 nitrogen and oxygen atoms in total. The number of methoxy groups -OCH3 is 1. The third-order valence-corrected chi connectivity index (χ3v) is 3.20. The number of Topliss-reactive ketones (excluding diaryl/α,β-unsaturated/α-hetero) is 1. The van der Waals surface area contributed by atoms with Crippen LogP contribution in [0.1, 0.15) is 25.0 Å². The van der Waals surface area contributed by atoms with Gasteiger partial charge in [-0.1, -0.05) is 61.5 Å². The molecule has 0 N–H and O–H groups in total. The standard InChI is InChI=1S/C17H18O2/c1-3-16(18)17(19-2)15-11-9-14(10-12-15)13-7-5-4-6-8-13/h4-12,17H,3H2,1-2H3. The SMILES string of the molecule is CCC(=O)C(OC)c1ccc(-c2ccccc2)cc1. The molecule has 0 aliphatic rings. The lowest BCUT2D eigenvalue weighted by atomic mass is 9.99. The number of hydrogen-bond acceptors (Lipinski definition) is 2. The van der Waals surface area contributed by atoms with E-state index >= 15 is 0 Å². The van der Waals surface area contributed by atoms with Crippen molar-refractivity contribution in [3.8, 4) is 11.1 Å². The van der Waals surface area contributed by atoms with Gasteiger partial charge in [-0.05, 0) is 16.7 Å². The molecular weight excluding hydrogens is 236 g/mol. The second-order valence-corrected chi connectivity index (χ2v) is 4.42. The Morgan fingerprint density at radius 3 is 2.11 bits per heavy atom. The molecular formula is C17H18O2. The maximum atomic E-state index is 11.8. The van der Waals surface area contributed by atoms with Crippen LogP contribution in [0.5, 0.6) is 0 Å². The number of carbonyl (C=O) groups is 1. The van der Waals surface area contributed by atoms with Crippen molar-refractivity contribution >= 4 is 5.78 Å². The molecule has 2 aromatic carbocycles. The molecule has 0 spiro atoms. The van der Waals surface area contributed by atoms with Crippen molar-refractivity contribution in [2.75, 3.05) is 7.11 Å². The molecule has 0 aliphatic carbocycles. The topological polar surface area (TPSA) is 26.3 Å². The Labute approximate surface area is 114 Å². The van der Waals surface area contributed by atoms with Crippen LogP contribution in [0, 0.1) is 0 Å². The summed E-state index contributed by atoms with van der Waals surface area (Å²) in [6.45, 7) is 1.85. The smallest absolute Gasteiger partial charge is 0.165 e. The highest BCUT2D eigenvalue weighted by Crippen LogP contribution is 2.24. The predicted octanol–water partition coefficient (Wildman–Crippen LogP) is 4.02. The quantitative estimate of drug-likeness (QED) is 0.805. The zero-order valence-corrected chi connectivity index (χ0v) is 11.3. The van der Waals surface area contributed by atoms with Crippen molar-refractivity contribution in [3.63, 3.8) is 0 Å². The molecule has 0 amide bonds. The molecule has 1 atom stereocenters. The van der Waals surface area contributed by atoms with Gasteiger partial charge in [0.15, 0.2) is 5.78 Å². The zero-order chi connectivity index (χ0) is 13.7. The lowest BCUT2D eigenvalue weighted by Gasteiger charge is -2.14. The van der Waals surface area contributed by atoms with E-state index in [9.17, 15) is 4.79 Å². The van der Waals surface area contributed by atoms with Crippen molar-refractivity contribution in [1.82, 2.24) is 0 Å². The summed E-state index contributed by atoms with van der Waals surface area (Å²) >= 11 is 0. The largest absolute Gasteiger partial charge is 0.369 e. The maximum Gasteiger partial charge on any atom is 0.165 e. The molecule has 0 aliphatic heterocycles. The summed E-state index contributed by atoms with van der Waals surface area (Å²) in [5.74, 6) is 0.106. The molecule has 2 heteroatoms. The second-order valence-electron chi connectivity index (χ2n) is 4.42. The van der Waals surface area contributed by atoms with Crippen molar-refractivity contribution in [1.29, 1.82) is 0 Å². The molecule has 0 saturated carbocycles. The van der Waals surface area contributed by atoms with Crippen LogP contribution in [0.25, 0.3) is 11.1 Å². The first-order chi connectivity index (χ1) is 9.26. The van der Waals surface area contributed by atoms with Gasteiger partial charge in [0.1, 0.15) is 6.10 Å². The van der Waals surface area contributed by atoms with E-state index in [1.807, 2.05) is 49.4 Å². The van der Waals surface area contributed by atoms with Gasteiger partial charge in [-0.15, -0.1) is 0 Å². The minimum Gasteiger partial charge on any atom is -0.369 e. The molecule has 0 heterocycles. The Morgan fingerprint density at radius 2 is 1.58 bits per heavy atom. The number of ether oxygens (including phenoxy) is 1. The predicted molar refractivity (Wildman–Crippen MR) is 76.9 cm³/mol. The fraction of sp³-hybridized carbons (Fsp3) is 0.235. The third-order valence-electron chi connectivity index (χ3n) is 3.20. The first kappa shape index (κ1) is 13.5. The number of carbonyl (C=O) groups excluding carboxylic acids is 1. The van der Waals surface area contributed by atoms with Gasteiger partial charge in [0.25, 0.3) is 0 Å². The third kappa shape index (κ3) is 3.09. The molecule has 98 valence electrons. The minimum atomic E-state index is -0.449. The van der Waals surface area contributed by atoms with Gasteiger partial charge in [0.2, 0.25) is 0 Å². The van der Waals surface area contributed by atoms with Crippen molar-refractivity contribution < 1.29 is 9.53 Å². The van der Waals surface area contributed by atoms with Crippen LogP contribution in [-0.4, -0.2) is 12.9 Å². The van der Waals surface area contributed by atoms with E-state index in [1.54, 1.807) is 7.11 Å². The molecule has 1 unspecified atom stereocenters. The van der Waals surface area contributed by atoms with Gasteiger partial charge in [0.05, 0.1) is 0 Å². The molecule has 2 aromatic rings. The molecule has 0 saturated heterocycles. The first-order valence-electron chi connectivity index (χ1n) is 6.47. The Bertz CT molecular complexity index is 529. The summed E-state index contributed by atoms with van der Waals surface area (Å²) in [4.78, 5) is 11.8. The van der Waals surface area contributed by atoms with Gasteiger partial charge in [-0.2, -0.15) is 0 Å². The monoisotopic (exact) mass is 254 g/mol. The number of benzene rings is 2. The van der Waals surface area contributed by atoms with E-state index in [0.717, 1.165) is 11.1 Å². The van der Waals surface area contributed by atoms with Crippen molar-refractivity contribution in [2.45, 2.75) is 19.4 Å². The Hall–Kier alpha value is -1.93. The normalized spacial score (nSPS) is 12.1. The van der Waals surface area contributed by atoms with E-state index in [0.29, 0.717) is 6.42 Å². The van der Waals surface area contributed by atoms with Crippen LogP contribution in [0.15, 0.2) is 54.6 Å². The number of hydrogen-bond donors (Lipinski definition) is 0. The molecule has 2 rings (SSSR count). The Balaban J connectivity index is 2.25. The fourth-order valence-electron chi connectivity index (χ4n) is 2.12. The molecule has 0 bridgehead atoms. The molecule has 19 heavy (non-hydrogen) atoms. The van der Waals surface area contributed by atoms with E-state index in [-0.39, 0.29) is 5.78 Å². The summed E-state index contributed by atoms with van der Waals surface area (Å²) in [6, 6.07) is 18.1. The van der Waals surface area contributed by atoms with Gasteiger partial charge in [0, 0.05) is 13.5 Å². The van der Waals surface area contributed by atoms with Crippen LogP contribution >= 0.6 is 0 Å². The minimum absolute atomic E-state index is 0.106. The zero-order valence-electron chi connectivity index (χ0n) is 11.3. The Kier molecular flexibility index (Phi) is 4.48. The summed E-state index contributed by atoms with van der Waals surface area (Å²) in [5, 5.41) is 0. The summed E-state index contributed by atoms with van der Waals surface area (Å²) < 4.78 is 5.29. The first-order valence-corrected chi connectivity index (χ1v) is 6.47. The van der Waals surface area contributed by atoms with Gasteiger partial charge in [-0.3, -0.25) is 4.79 Å². The van der Waals surface area contributed by atoms with Crippen molar-refractivity contribution in [2.24, 2.45) is 0 Å². The summed E-state index contributed by atoms with van der Waals surface area (Å²) in [5.41, 5.74) is 3.22. The highest BCUT2D eigenvalue weighted by atomic mass is 16.5. The average molecular weight is 254 g/mol. The maximum absolute atomic E-state index is 11.8. The molecule has 0 fully saturated rings. The second kappa shape index (κ2) is 6.30.